The second-order valence-electron chi connectivity index (χ2n) is 9.02. The van der Waals surface area contributed by atoms with Crippen molar-refractivity contribution in [2.75, 3.05) is 19.6 Å². The van der Waals surface area contributed by atoms with E-state index in [2.05, 4.69) is 12.2 Å². The van der Waals surface area contributed by atoms with E-state index in [0.717, 1.165) is 38.3 Å². The number of nitrogens with one attached hydrogen (secondary N) is 1. The van der Waals surface area contributed by atoms with Crippen LogP contribution >= 0.6 is 0 Å². The highest BCUT2D eigenvalue weighted by molar-refractivity contribution is 6.09. The molecule has 2 saturated carbocycles. The van der Waals surface area contributed by atoms with Gasteiger partial charge >= 0.3 is 6.03 Å². The van der Waals surface area contributed by atoms with Crippen molar-refractivity contribution in [1.82, 2.24) is 15.1 Å². The van der Waals surface area contributed by atoms with Gasteiger partial charge in [-0.1, -0.05) is 26.2 Å². The van der Waals surface area contributed by atoms with Gasteiger partial charge in [-0.2, -0.15) is 0 Å². The maximum Gasteiger partial charge on any atom is 0.325 e. The molecule has 0 aromatic rings. The summed E-state index contributed by atoms with van der Waals surface area (Å²) in [6, 6.07) is -0.384. The van der Waals surface area contributed by atoms with Crippen LogP contribution in [-0.4, -0.2) is 52.8 Å². The summed E-state index contributed by atoms with van der Waals surface area (Å²) in [5, 5.41) is 2.91. The van der Waals surface area contributed by atoms with Gasteiger partial charge in [-0.25, -0.2) is 4.79 Å². The normalized spacial score (nSPS) is 37.7. The number of likely N-dealkylation sites (tertiary alicyclic amines) is 1. The van der Waals surface area contributed by atoms with Gasteiger partial charge < -0.3 is 10.2 Å². The number of urea groups is 1. The van der Waals surface area contributed by atoms with Crippen LogP contribution in [0.1, 0.15) is 64.7 Å². The second-order valence-corrected chi connectivity index (χ2v) is 9.02. The van der Waals surface area contributed by atoms with Crippen LogP contribution in [0.2, 0.25) is 0 Å². The molecule has 1 spiro atoms. The standard InChI is InChI=1S/C20H31N3O3/c1-14-6-9-20(10-7-14)18(25)23(19(26)21-20)13-17(24)22-11-8-15-4-2-3-5-16(15)12-22/h14-16H,2-13H2,1H3,(H,21,26)/t14?,15-,16+,20?/m1/s1. The lowest BCUT2D eigenvalue weighted by Crippen LogP contribution is -2.51. The molecule has 0 aromatic carbocycles. The number of fused-ring (bicyclic) bond motifs is 1. The maximum absolute atomic E-state index is 12.9. The fourth-order valence-corrected chi connectivity index (χ4v) is 5.48. The van der Waals surface area contributed by atoms with E-state index in [1.165, 1.54) is 30.6 Å². The van der Waals surface area contributed by atoms with E-state index in [4.69, 9.17) is 0 Å². The molecule has 144 valence electrons. The molecule has 0 radical (unpaired) electrons. The Hall–Kier alpha value is -1.59. The lowest BCUT2D eigenvalue weighted by atomic mass is 9.75. The summed E-state index contributed by atoms with van der Waals surface area (Å²) >= 11 is 0. The van der Waals surface area contributed by atoms with E-state index in [9.17, 15) is 14.4 Å². The highest BCUT2D eigenvalue weighted by atomic mass is 16.2. The SMILES string of the molecule is CC1CCC2(CC1)NC(=O)N(CC(=O)N1CC[C@H]3CCCC[C@H]3C1)C2=O. The minimum Gasteiger partial charge on any atom is -0.341 e. The average Bonchev–Trinajstić information content (AvgIpc) is 2.88. The minimum absolute atomic E-state index is 0.0706. The fourth-order valence-electron chi connectivity index (χ4n) is 5.48. The molecule has 4 fully saturated rings. The Labute approximate surface area is 155 Å². The van der Waals surface area contributed by atoms with E-state index < -0.39 is 5.54 Å². The fraction of sp³-hybridized carbons (Fsp3) is 0.850. The van der Waals surface area contributed by atoms with E-state index in [1.807, 2.05) is 4.90 Å². The predicted octanol–water partition coefficient (Wildman–Crippen LogP) is 2.53. The third-order valence-electron chi connectivity index (χ3n) is 7.31. The van der Waals surface area contributed by atoms with Crippen LogP contribution in [0, 0.1) is 17.8 Å². The molecule has 6 nitrogen and oxygen atoms in total. The van der Waals surface area contributed by atoms with Gasteiger partial charge in [-0.15, -0.1) is 0 Å². The first-order valence-electron chi connectivity index (χ1n) is 10.4. The number of nitrogens with zero attached hydrogens (tertiary/aromatic N) is 2. The van der Waals surface area contributed by atoms with E-state index in [-0.39, 0.29) is 24.4 Å². The summed E-state index contributed by atoms with van der Waals surface area (Å²) in [6.07, 6.45) is 9.42. The zero-order valence-electron chi connectivity index (χ0n) is 15.8. The zero-order chi connectivity index (χ0) is 18.3. The molecule has 26 heavy (non-hydrogen) atoms. The molecule has 1 N–H and O–H groups in total. The Morgan fingerprint density at radius 2 is 1.77 bits per heavy atom. The number of carbonyl (C=O) groups is 3. The molecular formula is C20H31N3O3. The zero-order valence-corrected chi connectivity index (χ0v) is 15.8. The Balaban J connectivity index is 1.38. The van der Waals surface area contributed by atoms with Crippen LogP contribution in [0.3, 0.4) is 0 Å². The molecule has 6 heteroatoms. The second kappa shape index (κ2) is 6.86. The van der Waals surface area contributed by atoms with Crippen LogP contribution in [0.4, 0.5) is 4.79 Å². The number of piperidine rings is 1. The molecule has 2 atom stereocenters. The summed E-state index contributed by atoms with van der Waals surface area (Å²) in [7, 11) is 0. The van der Waals surface area contributed by atoms with Gasteiger partial charge in [-0.3, -0.25) is 14.5 Å². The Bertz CT molecular complexity index is 597. The molecule has 4 amide bonds. The lowest BCUT2D eigenvalue weighted by Gasteiger charge is -2.41. The average molecular weight is 361 g/mol. The number of carbonyl (C=O) groups excluding carboxylic acids is 3. The third-order valence-corrected chi connectivity index (χ3v) is 7.31. The first kappa shape index (κ1) is 17.8. The van der Waals surface area contributed by atoms with Crippen LogP contribution < -0.4 is 5.32 Å². The van der Waals surface area contributed by atoms with Crippen molar-refractivity contribution < 1.29 is 14.4 Å². The van der Waals surface area contributed by atoms with Crippen molar-refractivity contribution in [3.63, 3.8) is 0 Å². The van der Waals surface area contributed by atoms with Crippen molar-refractivity contribution in [3.8, 4) is 0 Å². The molecule has 2 aliphatic carbocycles. The van der Waals surface area contributed by atoms with E-state index >= 15 is 0 Å². The first-order chi connectivity index (χ1) is 12.5. The third kappa shape index (κ3) is 3.12. The number of hydrogen-bond acceptors (Lipinski definition) is 3. The molecule has 0 bridgehead atoms. The highest BCUT2D eigenvalue weighted by Gasteiger charge is 2.52. The Morgan fingerprint density at radius 3 is 2.50 bits per heavy atom. The van der Waals surface area contributed by atoms with Crippen molar-refractivity contribution in [3.05, 3.63) is 0 Å². The molecule has 0 aromatic heterocycles. The van der Waals surface area contributed by atoms with Crippen molar-refractivity contribution >= 4 is 17.8 Å². The van der Waals surface area contributed by atoms with Crippen LogP contribution in [-0.2, 0) is 9.59 Å². The quantitative estimate of drug-likeness (QED) is 0.769. The molecule has 2 aliphatic heterocycles. The van der Waals surface area contributed by atoms with Gasteiger partial charge in [0.1, 0.15) is 12.1 Å². The maximum atomic E-state index is 12.9. The van der Waals surface area contributed by atoms with Gasteiger partial charge in [0.15, 0.2) is 0 Å². The largest absolute Gasteiger partial charge is 0.341 e. The summed E-state index contributed by atoms with van der Waals surface area (Å²) < 4.78 is 0. The molecule has 4 aliphatic rings. The van der Waals surface area contributed by atoms with Gasteiger partial charge in [0.2, 0.25) is 5.91 Å². The van der Waals surface area contributed by atoms with Gasteiger partial charge in [0, 0.05) is 13.1 Å². The Morgan fingerprint density at radius 1 is 1.08 bits per heavy atom. The summed E-state index contributed by atoms with van der Waals surface area (Å²) in [5.74, 6) is 1.71. The monoisotopic (exact) mass is 361 g/mol. The van der Waals surface area contributed by atoms with Crippen molar-refractivity contribution in [1.29, 1.82) is 0 Å². The van der Waals surface area contributed by atoms with Gasteiger partial charge in [0.05, 0.1) is 0 Å². The van der Waals surface area contributed by atoms with E-state index in [1.54, 1.807) is 0 Å². The number of imide groups is 1. The first-order valence-corrected chi connectivity index (χ1v) is 10.4. The van der Waals surface area contributed by atoms with Gasteiger partial charge in [0.25, 0.3) is 5.91 Å². The van der Waals surface area contributed by atoms with Crippen molar-refractivity contribution in [2.24, 2.45) is 17.8 Å². The van der Waals surface area contributed by atoms with E-state index in [0.29, 0.717) is 24.7 Å². The smallest absolute Gasteiger partial charge is 0.325 e. The molecule has 0 unspecified atom stereocenters. The number of hydrogen-bond donors (Lipinski definition) is 1. The predicted molar refractivity (Wildman–Crippen MR) is 97.3 cm³/mol. The molecular weight excluding hydrogens is 330 g/mol. The number of rotatable bonds is 2. The topological polar surface area (TPSA) is 69.7 Å². The summed E-state index contributed by atoms with van der Waals surface area (Å²) in [4.78, 5) is 41.2. The van der Waals surface area contributed by atoms with Gasteiger partial charge in [-0.05, 0) is 56.3 Å². The number of amides is 4. The molecule has 2 saturated heterocycles. The summed E-state index contributed by atoms with van der Waals surface area (Å²) in [6.45, 7) is 3.66. The van der Waals surface area contributed by atoms with Crippen LogP contribution in [0.25, 0.3) is 0 Å². The molecule has 2 heterocycles. The van der Waals surface area contributed by atoms with Crippen LogP contribution in [0.15, 0.2) is 0 Å². The Kier molecular flexibility index (Phi) is 4.70. The van der Waals surface area contributed by atoms with Crippen LogP contribution in [0.5, 0.6) is 0 Å². The minimum atomic E-state index is -0.750. The lowest BCUT2D eigenvalue weighted by molar-refractivity contribution is -0.141. The molecule has 4 rings (SSSR count). The summed E-state index contributed by atoms with van der Waals surface area (Å²) in [5.41, 5.74) is -0.750. The van der Waals surface area contributed by atoms with Crippen molar-refractivity contribution in [2.45, 2.75) is 70.3 Å². The highest BCUT2D eigenvalue weighted by Crippen LogP contribution is 2.37.